The van der Waals surface area contributed by atoms with Crippen molar-refractivity contribution in [2.24, 2.45) is 0 Å². The summed E-state index contributed by atoms with van der Waals surface area (Å²) >= 11 is 0. The Morgan fingerprint density at radius 3 is 3.00 bits per heavy atom. The van der Waals surface area contributed by atoms with Gasteiger partial charge in [0.2, 0.25) is 11.7 Å². The molecule has 0 aliphatic heterocycles. The van der Waals surface area contributed by atoms with E-state index < -0.39 is 0 Å². The smallest absolute Gasteiger partial charge is 0.246 e. The molecule has 0 aliphatic carbocycles. The molecule has 0 spiro atoms. The lowest BCUT2D eigenvalue weighted by Gasteiger charge is -2.06. The van der Waals surface area contributed by atoms with Crippen LogP contribution in [0.5, 0.6) is 0 Å². The second kappa shape index (κ2) is 5.16. The van der Waals surface area contributed by atoms with Gasteiger partial charge in [-0.1, -0.05) is 11.2 Å². The van der Waals surface area contributed by atoms with Crippen LogP contribution >= 0.6 is 0 Å². The summed E-state index contributed by atoms with van der Waals surface area (Å²) in [6, 6.07) is 8.06. The number of nitrogens with zero attached hydrogens (tertiary/aromatic N) is 2. The van der Waals surface area contributed by atoms with Gasteiger partial charge >= 0.3 is 0 Å². The maximum absolute atomic E-state index is 13.2. The van der Waals surface area contributed by atoms with E-state index in [9.17, 15) is 4.39 Å². The Hall–Kier alpha value is -2.63. The monoisotopic (exact) mass is 273 g/mol. The number of hydrogen-bond acceptors (Lipinski definition) is 5. The van der Waals surface area contributed by atoms with Crippen molar-refractivity contribution in [1.29, 1.82) is 0 Å². The van der Waals surface area contributed by atoms with Gasteiger partial charge in [0.1, 0.15) is 5.82 Å². The van der Waals surface area contributed by atoms with Crippen LogP contribution in [0.3, 0.4) is 0 Å². The predicted octanol–water partition coefficient (Wildman–Crippen LogP) is 3.39. The Morgan fingerprint density at radius 2 is 2.20 bits per heavy atom. The van der Waals surface area contributed by atoms with Gasteiger partial charge < -0.3 is 14.3 Å². The van der Waals surface area contributed by atoms with Crippen LogP contribution in [-0.4, -0.2) is 10.1 Å². The van der Waals surface area contributed by atoms with E-state index in [1.54, 1.807) is 24.5 Å². The second-order valence-electron chi connectivity index (χ2n) is 4.30. The summed E-state index contributed by atoms with van der Waals surface area (Å²) in [6.07, 6.45) is 1.54. The van der Waals surface area contributed by atoms with Crippen LogP contribution in [0.4, 0.5) is 10.1 Å². The summed E-state index contributed by atoms with van der Waals surface area (Å²) in [6.45, 7) is 2.21. The van der Waals surface area contributed by atoms with Crippen molar-refractivity contribution in [3.05, 3.63) is 53.9 Å². The molecule has 2 heterocycles. The average molecular weight is 273 g/mol. The molecule has 0 amide bonds. The maximum Gasteiger partial charge on any atom is 0.246 e. The van der Waals surface area contributed by atoms with E-state index in [2.05, 4.69) is 15.5 Å². The maximum atomic E-state index is 13.2. The molecule has 1 N–H and O–H groups in total. The zero-order chi connectivity index (χ0) is 13.9. The SMILES string of the molecule is Cc1ccc(F)cc1NCc1nc(-c2ccco2)no1. The van der Waals surface area contributed by atoms with Crippen LogP contribution < -0.4 is 5.32 Å². The molecule has 1 aromatic carbocycles. The van der Waals surface area contributed by atoms with Gasteiger partial charge in [0, 0.05) is 5.69 Å². The van der Waals surface area contributed by atoms with E-state index >= 15 is 0 Å². The molecule has 5 nitrogen and oxygen atoms in total. The largest absolute Gasteiger partial charge is 0.461 e. The van der Waals surface area contributed by atoms with Gasteiger partial charge in [-0.15, -0.1) is 0 Å². The minimum atomic E-state index is -0.292. The minimum Gasteiger partial charge on any atom is -0.461 e. The molecule has 2 aromatic heterocycles. The van der Waals surface area contributed by atoms with Crippen molar-refractivity contribution < 1.29 is 13.3 Å². The molecule has 0 aliphatic rings. The van der Waals surface area contributed by atoms with Crippen molar-refractivity contribution in [1.82, 2.24) is 10.1 Å². The van der Waals surface area contributed by atoms with E-state index in [4.69, 9.17) is 8.94 Å². The van der Waals surface area contributed by atoms with Crippen LogP contribution in [-0.2, 0) is 6.54 Å². The summed E-state index contributed by atoms with van der Waals surface area (Å²) in [5, 5.41) is 6.88. The van der Waals surface area contributed by atoms with Crippen LogP contribution in [0.1, 0.15) is 11.5 Å². The van der Waals surface area contributed by atoms with Crippen molar-refractivity contribution in [2.75, 3.05) is 5.32 Å². The van der Waals surface area contributed by atoms with E-state index in [1.807, 2.05) is 6.92 Å². The first-order valence-corrected chi connectivity index (χ1v) is 6.09. The number of nitrogens with one attached hydrogen (secondary N) is 1. The second-order valence-corrected chi connectivity index (χ2v) is 4.30. The minimum absolute atomic E-state index is 0.292. The molecule has 6 heteroatoms. The predicted molar refractivity (Wildman–Crippen MR) is 70.5 cm³/mol. The van der Waals surface area contributed by atoms with Gasteiger partial charge in [-0.05, 0) is 36.8 Å². The van der Waals surface area contributed by atoms with Crippen LogP contribution in [0.15, 0.2) is 45.5 Å². The van der Waals surface area contributed by atoms with Crippen LogP contribution in [0.2, 0.25) is 0 Å². The first-order chi connectivity index (χ1) is 9.72. The highest BCUT2D eigenvalue weighted by atomic mass is 19.1. The Kier molecular flexibility index (Phi) is 3.20. The molecule has 0 bridgehead atoms. The highest BCUT2D eigenvalue weighted by molar-refractivity contribution is 5.51. The lowest BCUT2D eigenvalue weighted by atomic mass is 10.2. The van der Waals surface area contributed by atoms with Crippen LogP contribution in [0.25, 0.3) is 11.6 Å². The van der Waals surface area contributed by atoms with Crippen molar-refractivity contribution in [3.8, 4) is 11.6 Å². The van der Waals surface area contributed by atoms with Gasteiger partial charge in [-0.25, -0.2) is 4.39 Å². The van der Waals surface area contributed by atoms with Crippen molar-refractivity contribution in [2.45, 2.75) is 13.5 Å². The average Bonchev–Trinajstić information content (AvgIpc) is 3.09. The fourth-order valence-corrected chi connectivity index (χ4v) is 1.79. The van der Waals surface area contributed by atoms with Crippen molar-refractivity contribution in [3.63, 3.8) is 0 Å². The number of aromatic nitrogens is 2. The van der Waals surface area contributed by atoms with E-state index in [1.165, 1.54) is 12.1 Å². The Bertz CT molecular complexity index is 707. The third-order valence-corrected chi connectivity index (χ3v) is 2.84. The molecule has 0 fully saturated rings. The van der Waals surface area contributed by atoms with E-state index in [-0.39, 0.29) is 5.82 Å². The number of aryl methyl sites for hydroxylation is 1. The number of benzene rings is 1. The summed E-state index contributed by atoms with van der Waals surface area (Å²) in [5.41, 5.74) is 1.64. The summed E-state index contributed by atoms with van der Waals surface area (Å²) in [4.78, 5) is 4.19. The molecular formula is C14H12FN3O2. The van der Waals surface area contributed by atoms with Gasteiger partial charge in [0.15, 0.2) is 5.76 Å². The van der Waals surface area contributed by atoms with Gasteiger partial charge in [0.05, 0.1) is 12.8 Å². The molecule has 0 atom stereocenters. The number of hydrogen-bond donors (Lipinski definition) is 1. The number of anilines is 1. The normalized spacial score (nSPS) is 10.7. The lowest BCUT2D eigenvalue weighted by molar-refractivity contribution is 0.382. The Labute approximate surface area is 114 Å². The number of halogens is 1. The topological polar surface area (TPSA) is 64.1 Å². The third kappa shape index (κ3) is 2.54. The first-order valence-electron chi connectivity index (χ1n) is 6.09. The molecule has 0 saturated heterocycles. The molecule has 3 aromatic rings. The van der Waals surface area contributed by atoms with Gasteiger partial charge in [-0.3, -0.25) is 0 Å². The molecule has 0 saturated carbocycles. The van der Waals surface area contributed by atoms with E-state index in [0.29, 0.717) is 29.7 Å². The number of furan rings is 1. The van der Waals surface area contributed by atoms with Gasteiger partial charge in [-0.2, -0.15) is 4.98 Å². The Balaban J connectivity index is 1.71. The number of rotatable bonds is 4. The molecule has 0 radical (unpaired) electrons. The fraction of sp³-hybridized carbons (Fsp3) is 0.143. The van der Waals surface area contributed by atoms with Gasteiger partial charge in [0.25, 0.3) is 0 Å². The summed E-state index contributed by atoms with van der Waals surface area (Å²) in [7, 11) is 0. The fourth-order valence-electron chi connectivity index (χ4n) is 1.79. The molecular weight excluding hydrogens is 261 g/mol. The lowest BCUT2D eigenvalue weighted by Crippen LogP contribution is -2.01. The molecule has 3 rings (SSSR count). The standard InChI is InChI=1S/C14H12FN3O2/c1-9-4-5-10(15)7-11(9)16-8-13-17-14(18-20-13)12-3-2-6-19-12/h2-7,16H,8H2,1H3. The molecule has 102 valence electrons. The zero-order valence-corrected chi connectivity index (χ0v) is 10.8. The Morgan fingerprint density at radius 1 is 1.30 bits per heavy atom. The van der Waals surface area contributed by atoms with E-state index in [0.717, 1.165) is 5.56 Å². The quantitative estimate of drug-likeness (QED) is 0.789. The summed E-state index contributed by atoms with van der Waals surface area (Å²) in [5.74, 6) is 1.05. The highest BCUT2D eigenvalue weighted by Crippen LogP contribution is 2.18. The highest BCUT2D eigenvalue weighted by Gasteiger charge is 2.10. The molecule has 0 unspecified atom stereocenters. The first kappa shape index (κ1) is 12.4. The van der Waals surface area contributed by atoms with Crippen LogP contribution in [0, 0.1) is 12.7 Å². The zero-order valence-electron chi connectivity index (χ0n) is 10.8. The third-order valence-electron chi connectivity index (χ3n) is 2.84. The molecule has 20 heavy (non-hydrogen) atoms. The summed E-state index contributed by atoms with van der Waals surface area (Å²) < 4.78 is 23.4. The van der Waals surface area contributed by atoms with Crippen molar-refractivity contribution >= 4 is 5.69 Å².